The molecule has 0 bridgehead atoms. The molecule has 0 aliphatic carbocycles. The van der Waals surface area contributed by atoms with Crippen LogP contribution in [0, 0.1) is 5.92 Å². The molecule has 0 aliphatic rings. The minimum atomic E-state index is -0.290. The van der Waals surface area contributed by atoms with Crippen molar-refractivity contribution in [3.05, 3.63) is 58.6 Å². The Morgan fingerprint density at radius 1 is 1.08 bits per heavy atom. The standard InChI is InChI=1S/C20H24ClNO3/c1-13(2)19(14-9-10-17(24-3)18(11-14)25-4)20(23)22-12-15-7-5-6-8-16(15)21/h5-11,13,19H,12H2,1-4H3,(H,22,23). The number of carbonyl (C=O) groups excluding carboxylic acids is 1. The minimum Gasteiger partial charge on any atom is -0.493 e. The number of benzene rings is 2. The van der Waals surface area contributed by atoms with Crippen molar-refractivity contribution in [2.24, 2.45) is 5.92 Å². The Morgan fingerprint density at radius 3 is 2.36 bits per heavy atom. The second-order valence-electron chi connectivity index (χ2n) is 6.15. The largest absolute Gasteiger partial charge is 0.493 e. The van der Waals surface area contributed by atoms with E-state index in [0.29, 0.717) is 23.1 Å². The summed E-state index contributed by atoms with van der Waals surface area (Å²) in [5.41, 5.74) is 1.79. The van der Waals surface area contributed by atoms with E-state index < -0.39 is 0 Å². The summed E-state index contributed by atoms with van der Waals surface area (Å²) in [7, 11) is 3.18. The van der Waals surface area contributed by atoms with E-state index in [-0.39, 0.29) is 17.7 Å². The smallest absolute Gasteiger partial charge is 0.228 e. The van der Waals surface area contributed by atoms with Crippen molar-refractivity contribution in [1.82, 2.24) is 5.32 Å². The van der Waals surface area contributed by atoms with Crippen LogP contribution < -0.4 is 14.8 Å². The van der Waals surface area contributed by atoms with E-state index in [2.05, 4.69) is 5.32 Å². The van der Waals surface area contributed by atoms with E-state index in [1.165, 1.54) is 0 Å². The molecule has 2 aromatic carbocycles. The third-order valence-electron chi connectivity index (χ3n) is 4.13. The molecule has 1 unspecified atom stereocenters. The van der Waals surface area contributed by atoms with Gasteiger partial charge in [0.05, 0.1) is 20.1 Å². The van der Waals surface area contributed by atoms with Gasteiger partial charge in [0.2, 0.25) is 5.91 Å². The predicted octanol–water partition coefficient (Wildman–Crippen LogP) is 4.41. The molecule has 5 heteroatoms. The molecule has 1 N–H and O–H groups in total. The normalized spacial score (nSPS) is 11.9. The van der Waals surface area contributed by atoms with E-state index >= 15 is 0 Å². The first-order valence-corrected chi connectivity index (χ1v) is 8.58. The molecule has 0 saturated heterocycles. The lowest BCUT2D eigenvalue weighted by atomic mass is 9.87. The predicted molar refractivity (Wildman–Crippen MR) is 100 cm³/mol. The second kappa shape index (κ2) is 8.77. The number of nitrogens with one attached hydrogen (secondary N) is 1. The quantitative estimate of drug-likeness (QED) is 0.794. The van der Waals surface area contributed by atoms with Crippen molar-refractivity contribution in [3.63, 3.8) is 0 Å². The van der Waals surface area contributed by atoms with Gasteiger partial charge in [-0.25, -0.2) is 0 Å². The van der Waals surface area contributed by atoms with E-state index in [4.69, 9.17) is 21.1 Å². The summed E-state index contributed by atoms with van der Waals surface area (Å²) in [6, 6.07) is 13.1. The molecular formula is C20H24ClNO3. The fourth-order valence-corrected chi connectivity index (χ4v) is 3.02. The maximum absolute atomic E-state index is 12.8. The van der Waals surface area contributed by atoms with E-state index in [1.54, 1.807) is 14.2 Å². The molecule has 0 aromatic heterocycles. The van der Waals surface area contributed by atoms with Gasteiger partial charge < -0.3 is 14.8 Å². The first kappa shape index (κ1) is 19.1. The van der Waals surface area contributed by atoms with E-state index in [1.807, 2.05) is 56.3 Å². The van der Waals surface area contributed by atoms with Crippen molar-refractivity contribution >= 4 is 17.5 Å². The van der Waals surface area contributed by atoms with Crippen LogP contribution in [0.3, 0.4) is 0 Å². The Bertz CT molecular complexity index is 731. The minimum absolute atomic E-state index is 0.0397. The van der Waals surface area contributed by atoms with Crippen LogP contribution in [-0.4, -0.2) is 20.1 Å². The fraction of sp³-hybridized carbons (Fsp3) is 0.350. The Balaban J connectivity index is 2.20. The van der Waals surface area contributed by atoms with Crippen molar-refractivity contribution in [1.29, 1.82) is 0 Å². The van der Waals surface area contributed by atoms with Gasteiger partial charge in [-0.15, -0.1) is 0 Å². The Labute approximate surface area is 154 Å². The van der Waals surface area contributed by atoms with Crippen molar-refractivity contribution in [2.75, 3.05) is 14.2 Å². The monoisotopic (exact) mass is 361 g/mol. The molecule has 134 valence electrons. The van der Waals surface area contributed by atoms with Crippen molar-refractivity contribution in [2.45, 2.75) is 26.3 Å². The molecule has 0 aliphatic heterocycles. The topological polar surface area (TPSA) is 47.6 Å². The van der Waals surface area contributed by atoms with Gasteiger partial charge in [0.15, 0.2) is 11.5 Å². The summed E-state index contributed by atoms with van der Waals surface area (Å²) >= 11 is 6.16. The molecule has 4 nitrogen and oxygen atoms in total. The zero-order valence-corrected chi connectivity index (χ0v) is 15.8. The molecule has 25 heavy (non-hydrogen) atoms. The third-order valence-corrected chi connectivity index (χ3v) is 4.50. The van der Waals surface area contributed by atoms with E-state index in [9.17, 15) is 4.79 Å². The fourth-order valence-electron chi connectivity index (χ4n) is 2.82. The number of carbonyl (C=O) groups is 1. The van der Waals surface area contributed by atoms with Crippen LogP contribution in [0.2, 0.25) is 5.02 Å². The van der Waals surface area contributed by atoms with Gasteiger partial charge in [-0.05, 0) is 35.2 Å². The zero-order chi connectivity index (χ0) is 18.4. The summed E-state index contributed by atoms with van der Waals surface area (Å²) < 4.78 is 10.6. The lowest BCUT2D eigenvalue weighted by Crippen LogP contribution is -2.31. The number of halogens is 1. The van der Waals surface area contributed by atoms with Gasteiger partial charge in [0.25, 0.3) is 0 Å². The number of methoxy groups -OCH3 is 2. The maximum atomic E-state index is 12.8. The summed E-state index contributed by atoms with van der Waals surface area (Å²) in [4.78, 5) is 12.8. The molecule has 1 atom stereocenters. The Hall–Kier alpha value is -2.20. The second-order valence-corrected chi connectivity index (χ2v) is 6.55. The van der Waals surface area contributed by atoms with Crippen LogP contribution in [0.5, 0.6) is 11.5 Å². The van der Waals surface area contributed by atoms with Gasteiger partial charge in [-0.3, -0.25) is 4.79 Å². The molecular weight excluding hydrogens is 338 g/mol. The van der Waals surface area contributed by atoms with Crippen LogP contribution in [0.15, 0.2) is 42.5 Å². The first-order chi connectivity index (χ1) is 12.0. The maximum Gasteiger partial charge on any atom is 0.228 e. The number of hydrogen-bond donors (Lipinski definition) is 1. The number of ether oxygens (including phenoxy) is 2. The SMILES string of the molecule is COc1ccc(C(C(=O)NCc2ccccc2Cl)C(C)C)cc1OC. The van der Waals surface area contributed by atoms with Crippen molar-refractivity contribution < 1.29 is 14.3 Å². The molecule has 0 heterocycles. The highest BCUT2D eigenvalue weighted by atomic mass is 35.5. The molecule has 0 radical (unpaired) electrons. The summed E-state index contributed by atoms with van der Waals surface area (Å²) in [6.07, 6.45) is 0. The molecule has 1 amide bonds. The molecule has 0 saturated carbocycles. The lowest BCUT2D eigenvalue weighted by Gasteiger charge is -2.22. The van der Waals surface area contributed by atoms with Crippen LogP contribution in [0.25, 0.3) is 0 Å². The molecule has 2 rings (SSSR count). The number of rotatable bonds is 7. The van der Waals surface area contributed by atoms with Crippen LogP contribution in [0.4, 0.5) is 0 Å². The van der Waals surface area contributed by atoms with E-state index in [0.717, 1.165) is 11.1 Å². The van der Waals surface area contributed by atoms with Crippen molar-refractivity contribution in [3.8, 4) is 11.5 Å². The average molecular weight is 362 g/mol. The highest BCUT2D eigenvalue weighted by Crippen LogP contribution is 2.33. The van der Waals surface area contributed by atoms with Crippen LogP contribution in [-0.2, 0) is 11.3 Å². The lowest BCUT2D eigenvalue weighted by molar-refractivity contribution is -0.123. The molecule has 0 fully saturated rings. The van der Waals surface area contributed by atoms with Crippen LogP contribution in [0.1, 0.15) is 30.9 Å². The Morgan fingerprint density at radius 2 is 1.76 bits per heavy atom. The molecule has 0 spiro atoms. The average Bonchev–Trinajstić information content (AvgIpc) is 2.60. The van der Waals surface area contributed by atoms with Gasteiger partial charge in [0.1, 0.15) is 0 Å². The summed E-state index contributed by atoms with van der Waals surface area (Å²) in [5, 5.41) is 3.64. The third kappa shape index (κ3) is 4.67. The van der Waals surface area contributed by atoms with Gasteiger partial charge in [-0.1, -0.05) is 49.7 Å². The van der Waals surface area contributed by atoms with Gasteiger partial charge >= 0.3 is 0 Å². The van der Waals surface area contributed by atoms with Gasteiger partial charge in [0, 0.05) is 11.6 Å². The van der Waals surface area contributed by atoms with Crippen LogP contribution >= 0.6 is 11.6 Å². The highest BCUT2D eigenvalue weighted by molar-refractivity contribution is 6.31. The Kier molecular flexibility index (Phi) is 6.71. The first-order valence-electron chi connectivity index (χ1n) is 8.21. The number of amides is 1. The number of hydrogen-bond acceptors (Lipinski definition) is 3. The summed E-state index contributed by atoms with van der Waals surface area (Å²) in [5.74, 6) is 1.06. The zero-order valence-electron chi connectivity index (χ0n) is 15.0. The van der Waals surface area contributed by atoms with Gasteiger partial charge in [-0.2, -0.15) is 0 Å². The summed E-state index contributed by atoms with van der Waals surface area (Å²) in [6.45, 7) is 4.45. The highest BCUT2D eigenvalue weighted by Gasteiger charge is 2.25. The molecule has 2 aromatic rings.